The van der Waals surface area contributed by atoms with Crippen molar-refractivity contribution < 1.29 is 15.3 Å². The lowest BCUT2D eigenvalue weighted by Crippen LogP contribution is -2.33. The van der Waals surface area contributed by atoms with Gasteiger partial charge in [-0.1, -0.05) is 19.1 Å². The molecule has 1 aliphatic heterocycles. The summed E-state index contributed by atoms with van der Waals surface area (Å²) < 4.78 is 2.10. The molecule has 8 heteroatoms. The van der Waals surface area contributed by atoms with Crippen molar-refractivity contribution in [3.8, 4) is 34.3 Å². The van der Waals surface area contributed by atoms with E-state index in [9.17, 15) is 15.3 Å². The molecule has 0 fully saturated rings. The minimum absolute atomic E-state index is 0.0388. The minimum Gasteiger partial charge on any atom is -0.508 e. The molecule has 0 atom stereocenters. The van der Waals surface area contributed by atoms with Gasteiger partial charge in [-0.15, -0.1) is 0 Å². The fraction of sp³-hybridized carbons (Fsp3) is 0.273. The molecule has 0 saturated carbocycles. The van der Waals surface area contributed by atoms with Crippen molar-refractivity contribution in [2.75, 3.05) is 11.4 Å². The summed E-state index contributed by atoms with van der Waals surface area (Å²) in [5, 5.41) is 38.3. The maximum atomic E-state index is 10.6. The number of phenolic OH excluding ortho intramolecular Hbond substituents is 3. The molecule has 0 unspecified atom stereocenters. The number of aromatic amines is 1. The molecule has 0 aliphatic carbocycles. The molecule has 156 valence electrons. The Morgan fingerprint density at radius 1 is 1.13 bits per heavy atom. The van der Waals surface area contributed by atoms with E-state index in [0.29, 0.717) is 34.7 Å². The first-order chi connectivity index (χ1) is 14.3. The fourth-order valence-corrected chi connectivity index (χ4v) is 4.11. The lowest BCUT2D eigenvalue weighted by atomic mass is 10.0. The second-order valence-electron chi connectivity index (χ2n) is 7.55. The van der Waals surface area contributed by atoms with E-state index >= 15 is 0 Å². The summed E-state index contributed by atoms with van der Waals surface area (Å²) in [6.07, 6.45) is 4.61. The third-order valence-electron chi connectivity index (χ3n) is 5.40. The van der Waals surface area contributed by atoms with Crippen LogP contribution in [0, 0.1) is 4.77 Å². The number of aromatic nitrogens is 3. The van der Waals surface area contributed by atoms with Crippen LogP contribution in [-0.4, -0.2) is 42.7 Å². The first-order valence-corrected chi connectivity index (χ1v) is 10.3. The lowest BCUT2D eigenvalue weighted by Gasteiger charge is -2.33. The van der Waals surface area contributed by atoms with E-state index in [1.807, 2.05) is 19.1 Å². The lowest BCUT2D eigenvalue weighted by molar-refractivity contribution is 0.447. The Bertz CT molecular complexity index is 1210. The Morgan fingerprint density at radius 2 is 1.90 bits per heavy atom. The highest BCUT2D eigenvalue weighted by Crippen LogP contribution is 2.41. The van der Waals surface area contributed by atoms with Crippen LogP contribution in [-0.2, 0) is 6.42 Å². The third kappa shape index (κ3) is 3.13. The van der Waals surface area contributed by atoms with Crippen LogP contribution < -0.4 is 4.90 Å². The van der Waals surface area contributed by atoms with Crippen LogP contribution in [0.3, 0.4) is 0 Å². The molecule has 0 amide bonds. The summed E-state index contributed by atoms with van der Waals surface area (Å²) in [4.78, 5) is 2.12. The zero-order valence-electron chi connectivity index (χ0n) is 17.0. The maximum Gasteiger partial charge on any atom is 0.200 e. The van der Waals surface area contributed by atoms with Gasteiger partial charge >= 0.3 is 0 Å². The van der Waals surface area contributed by atoms with Gasteiger partial charge in [0.05, 0.1) is 16.9 Å². The predicted molar refractivity (Wildman–Crippen MR) is 120 cm³/mol. The van der Waals surface area contributed by atoms with Crippen molar-refractivity contribution in [3.05, 3.63) is 46.2 Å². The molecule has 0 spiro atoms. The van der Waals surface area contributed by atoms with Crippen molar-refractivity contribution in [1.82, 2.24) is 14.8 Å². The molecule has 1 aliphatic rings. The Balaban J connectivity index is 1.99. The Morgan fingerprint density at radius 3 is 2.60 bits per heavy atom. The van der Waals surface area contributed by atoms with Gasteiger partial charge in [-0.2, -0.15) is 5.10 Å². The Hall–Kier alpha value is -3.26. The smallest absolute Gasteiger partial charge is 0.200 e. The number of hydrogen-bond acceptors (Lipinski definition) is 6. The second kappa shape index (κ2) is 7.53. The first kappa shape index (κ1) is 20.0. The highest BCUT2D eigenvalue weighted by atomic mass is 32.1. The standard InChI is InChI=1S/C22H24N4O3S/c1-4-13-10-15(19(29)11-18(13)28)21-23-24-22(30)26(21)16-7-8-17(27)20-14(16)6-5-9-25(20)12(2)3/h5-8,10-12,27-29H,4,9H2,1-3H3,(H,24,30). The molecule has 4 N–H and O–H groups in total. The zero-order chi connectivity index (χ0) is 21.6. The number of aryl methyl sites for hydroxylation is 1. The normalized spacial score (nSPS) is 13.1. The van der Waals surface area contributed by atoms with E-state index in [1.165, 1.54) is 6.07 Å². The van der Waals surface area contributed by atoms with Crippen LogP contribution in [0.1, 0.15) is 31.9 Å². The van der Waals surface area contributed by atoms with Crippen molar-refractivity contribution in [2.24, 2.45) is 0 Å². The van der Waals surface area contributed by atoms with Gasteiger partial charge in [0.25, 0.3) is 0 Å². The summed E-state index contributed by atoms with van der Waals surface area (Å²) in [6.45, 7) is 6.77. The number of hydrogen-bond donors (Lipinski definition) is 4. The van der Waals surface area contributed by atoms with Gasteiger partial charge in [0.2, 0.25) is 0 Å². The molecule has 2 heterocycles. The number of H-pyrrole nitrogens is 1. The summed E-state index contributed by atoms with van der Waals surface area (Å²) in [7, 11) is 0. The molecule has 30 heavy (non-hydrogen) atoms. The van der Waals surface area contributed by atoms with E-state index in [1.54, 1.807) is 22.8 Å². The van der Waals surface area contributed by atoms with Gasteiger partial charge in [-0.05, 0) is 56.2 Å². The second-order valence-corrected chi connectivity index (χ2v) is 7.94. The molecule has 4 rings (SSSR count). The molecule has 0 saturated heterocycles. The average molecular weight is 425 g/mol. The molecule has 3 aromatic rings. The van der Waals surface area contributed by atoms with Crippen LogP contribution in [0.5, 0.6) is 17.2 Å². The summed E-state index contributed by atoms with van der Waals surface area (Å²) in [5.74, 6) is 0.572. The van der Waals surface area contributed by atoms with Crippen molar-refractivity contribution in [3.63, 3.8) is 0 Å². The SMILES string of the molecule is CCc1cc(-c2n[nH]c(=S)n2-c2ccc(O)c3c2C=CCN3C(C)C)c(O)cc1O. The Kier molecular flexibility index (Phi) is 5.03. The Labute approximate surface area is 179 Å². The topological polar surface area (TPSA) is 97.5 Å². The van der Waals surface area contributed by atoms with Crippen LogP contribution in [0.2, 0.25) is 0 Å². The van der Waals surface area contributed by atoms with Crippen LogP contribution in [0.25, 0.3) is 23.2 Å². The molecule has 7 nitrogen and oxygen atoms in total. The van der Waals surface area contributed by atoms with Gasteiger partial charge < -0.3 is 20.2 Å². The van der Waals surface area contributed by atoms with Gasteiger partial charge in [0.1, 0.15) is 17.2 Å². The van der Waals surface area contributed by atoms with Gasteiger partial charge in [0.15, 0.2) is 10.6 Å². The minimum atomic E-state index is -0.0908. The van der Waals surface area contributed by atoms with E-state index in [-0.39, 0.29) is 23.3 Å². The average Bonchev–Trinajstić information content (AvgIpc) is 3.09. The molecular formula is C22H24N4O3S. The predicted octanol–water partition coefficient (Wildman–Crippen LogP) is 4.52. The van der Waals surface area contributed by atoms with Gasteiger partial charge in [-0.3, -0.25) is 9.67 Å². The number of phenols is 3. The summed E-state index contributed by atoms with van der Waals surface area (Å²) in [6, 6.07) is 6.67. The number of rotatable bonds is 4. The van der Waals surface area contributed by atoms with Crippen molar-refractivity contribution in [1.29, 1.82) is 0 Å². The number of anilines is 1. The van der Waals surface area contributed by atoms with Crippen LogP contribution >= 0.6 is 12.2 Å². The highest BCUT2D eigenvalue weighted by Gasteiger charge is 2.25. The number of nitrogens with zero attached hydrogens (tertiary/aromatic N) is 3. The molecule has 0 bridgehead atoms. The highest BCUT2D eigenvalue weighted by molar-refractivity contribution is 7.71. The van der Waals surface area contributed by atoms with Crippen molar-refractivity contribution >= 4 is 24.0 Å². The quantitative estimate of drug-likeness (QED) is 0.460. The molecule has 0 radical (unpaired) electrons. The fourth-order valence-electron chi connectivity index (χ4n) is 3.88. The third-order valence-corrected chi connectivity index (χ3v) is 5.68. The van der Waals surface area contributed by atoms with Crippen molar-refractivity contribution in [2.45, 2.75) is 33.2 Å². The van der Waals surface area contributed by atoms with E-state index in [2.05, 4.69) is 28.9 Å². The number of aromatic hydroxyl groups is 3. The van der Waals surface area contributed by atoms with Gasteiger partial charge in [0, 0.05) is 24.2 Å². The molecule has 2 aromatic carbocycles. The molecule has 1 aromatic heterocycles. The van der Waals surface area contributed by atoms with Gasteiger partial charge in [-0.25, -0.2) is 0 Å². The number of fused-ring (bicyclic) bond motifs is 1. The van der Waals surface area contributed by atoms with Crippen LogP contribution in [0.4, 0.5) is 5.69 Å². The maximum absolute atomic E-state index is 10.6. The monoisotopic (exact) mass is 424 g/mol. The first-order valence-electron chi connectivity index (χ1n) is 9.85. The molecular weight excluding hydrogens is 400 g/mol. The van der Waals surface area contributed by atoms with Crippen LogP contribution in [0.15, 0.2) is 30.3 Å². The largest absolute Gasteiger partial charge is 0.508 e. The van der Waals surface area contributed by atoms with E-state index < -0.39 is 0 Å². The summed E-state index contributed by atoms with van der Waals surface area (Å²) in [5.41, 5.74) is 3.45. The summed E-state index contributed by atoms with van der Waals surface area (Å²) >= 11 is 5.52. The zero-order valence-corrected chi connectivity index (χ0v) is 17.9. The number of nitrogens with one attached hydrogen (secondary N) is 1. The number of benzene rings is 2. The van der Waals surface area contributed by atoms with E-state index in [0.717, 1.165) is 16.9 Å². The van der Waals surface area contributed by atoms with E-state index in [4.69, 9.17) is 12.2 Å².